The smallest absolute Gasteiger partial charge is 0.270 e. The van der Waals surface area contributed by atoms with Gasteiger partial charge in [0, 0.05) is 34.0 Å². The van der Waals surface area contributed by atoms with Crippen LogP contribution in [0.15, 0.2) is 28.7 Å². The van der Waals surface area contributed by atoms with Gasteiger partial charge in [-0.25, -0.2) is 0 Å². The third-order valence-electron chi connectivity index (χ3n) is 4.03. The molecule has 1 unspecified atom stereocenters. The van der Waals surface area contributed by atoms with Crippen molar-refractivity contribution < 1.29 is 4.92 Å². The molecule has 0 radical (unpaired) electrons. The van der Waals surface area contributed by atoms with Crippen molar-refractivity contribution in [3.63, 3.8) is 0 Å². The highest BCUT2D eigenvalue weighted by Crippen LogP contribution is 2.35. The number of benzene rings is 1. The van der Waals surface area contributed by atoms with Crippen LogP contribution < -0.4 is 5.73 Å². The van der Waals surface area contributed by atoms with Gasteiger partial charge in [-0.15, -0.1) is 0 Å². The van der Waals surface area contributed by atoms with E-state index in [1.807, 2.05) is 6.92 Å². The molecule has 1 aliphatic carbocycles. The van der Waals surface area contributed by atoms with E-state index < -0.39 is 0 Å². The van der Waals surface area contributed by atoms with E-state index in [1.165, 1.54) is 17.3 Å². The summed E-state index contributed by atoms with van der Waals surface area (Å²) in [6, 6.07) is 7.09. The van der Waals surface area contributed by atoms with E-state index >= 15 is 0 Å². The van der Waals surface area contributed by atoms with Gasteiger partial charge in [-0.05, 0) is 59.8 Å². The van der Waals surface area contributed by atoms with E-state index in [4.69, 9.17) is 5.73 Å². The van der Waals surface area contributed by atoms with Crippen molar-refractivity contribution in [2.45, 2.75) is 32.2 Å². The van der Waals surface area contributed by atoms with E-state index in [9.17, 15) is 10.1 Å². The molecule has 6 heteroatoms. The number of hydrogen-bond donors (Lipinski definition) is 1. The Morgan fingerprint density at radius 1 is 1.43 bits per heavy atom. The Kier molecular flexibility index (Phi) is 3.59. The number of halogens is 1. The standard InChI is InChI=1S/C15H16BrN3O2/c1-9-7-11-13(17)3-2-4-14(11)18(9)15-6-5-10(19(20)21)8-12(15)16/h5-8,13H,2-4,17H2,1H3. The van der Waals surface area contributed by atoms with E-state index in [1.54, 1.807) is 12.1 Å². The lowest BCUT2D eigenvalue weighted by Crippen LogP contribution is -2.18. The van der Waals surface area contributed by atoms with Crippen LogP contribution in [0.25, 0.3) is 5.69 Å². The highest BCUT2D eigenvalue weighted by Gasteiger charge is 2.24. The SMILES string of the molecule is Cc1cc2c(n1-c1ccc([N+](=O)[O-])cc1Br)CCCC2N. The van der Waals surface area contributed by atoms with E-state index in [-0.39, 0.29) is 16.7 Å². The first-order valence-electron chi connectivity index (χ1n) is 6.90. The molecule has 2 N–H and O–H groups in total. The molecule has 0 bridgehead atoms. The van der Waals surface area contributed by atoms with Gasteiger partial charge in [-0.1, -0.05) is 0 Å². The molecule has 2 aromatic rings. The number of nitrogens with two attached hydrogens (primary N) is 1. The average Bonchev–Trinajstić information content (AvgIpc) is 2.77. The van der Waals surface area contributed by atoms with E-state index in [0.29, 0.717) is 0 Å². The molecule has 1 atom stereocenters. The Morgan fingerprint density at radius 2 is 2.19 bits per heavy atom. The van der Waals surface area contributed by atoms with Gasteiger partial charge in [0.05, 0.1) is 10.6 Å². The molecule has 1 aliphatic rings. The predicted octanol–water partition coefficient (Wildman–Crippen LogP) is 3.79. The minimum atomic E-state index is -0.386. The van der Waals surface area contributed by atoms with Crippen LogP contribution in [-0.4, -0.2) is 9.49 Å². The summed E-state index contributed by atoms with van der Waals surface area (Å²) in [5.74, 6) is 0. The van der Waals surface area contributed by atoms with Crippen molar-refractivity contribution in [1.82, 2.24) is 4.57 Å². The summed E-state index contributed by atoms with van der Waals surface area (Å²) in [4.78, 5) is 10.5. The summed E-state index contributed by atoms with van der Waals surface area (Å²) in [5.41, 5.74) is 10.7. The Hall–Kier alpha value is -1.66. The number of nitrogens with zero attached hydrogens (tertiary/aromatic N) is 2. The van der Waals surface area contributed by atoms with Crippen LogP contribution in [0.1, 0.15) is 35.8 Å². The quantitative estimate of drug-likeness (QED) is 0.661. The van der Waals surface area contributed by atoms with E-state index in [2.05, 4.69) is 26.6 Å². The number of fused-ring (bicyclic) bond motifs is 1. The van der Waals surface area contributed by atoms with Gasteiger partial charge >= 0.3 is 0 Å². The third-order valence-corrected chi connectivity index (χ3v) is 4.67. The first kappa shape index (κ1) is 14.3. The Morgan fingerprint density at radius 3 is 2.86 bits per heavy atom. The number of aryl methyl sites for hydroxylation is 1. The van der Waals surface area contributed by atoms with Crippen molar-refractivity contribution in [3.8, 4) is 5.69 Å². The number of non-ortho nitro benzene ring substituents is 1. The zero-order valence-electron chi connectivity index (χ0n) is 11.7. The van der Waals surface area contributed by atoms with Gasteiger partial charge in [0.25, 0.3) is 5.69 Å². The number of rotatable bonds is 2. The molecule has 3 rings (SSSR count). The molecule has 1 aromatic heterocycles. The second kappa shape index (κ2) is 5.27. The van der Waals surface area contributed by atoms with Gasteiger partial charge in [-0.2, -0.15) is 0 Å². The first-order valence-corrected chi connectivity index (χ1v) is 7.69. The second-order valence-electron chi connectivity index (χ2n) is 5.41. The lowest BCUT2D eigenvalue weighted by atomic mass is 9.93. The summed E-state index contributed by atoms with van der Waals surface area (Å²) < 4.78 is 2.87. The van der Waals surface area contributed by atoms with Gasteiger partial charge in [-0.3, -0.25) is 10.1 Å². The molecule has 0 saturated heterocycles. The Bertz CT molecular complexity index is 724. The highest BCUT2D eigenvalue weighted by atomic mass is 79.9. The fourth-order valence-corrected chi connectivity index (χ4v) is 3.61. The summed E-state index contributed by atoms with van der Waals surface area (Å²) in [7, 11) is 0. The molecule has 110 valence electrons. The van der Waals surface area contributed by atoms with Crippen molar-refractivity contribution in [3.05, 3.63) is 55.8 Å². The number of hydrogen-bond acceptors (Lipinski definition) is 3. The van der Waals surface area contributed by atoms with Crippen LogP contribution in [0.5, 0.6) is 0 Å². The molecule has 0 spiro atoms. The fourth-order valence-electron chi connectivity index (χ4n) is 3.06. The zero-order valence-corrected chi connectivity index (χ0v) is 13.3. The minimum Gasteiger partial charge on any atom is -0.324 e. The first-order chi connectivity index (χ1) is 9.99. The number of aromatic nitrogens is 1. The van der Waals surface area contributed by atoms with Crippen LogP contribution in [0.3, 0.4) is 0 Å². The normalized spacial score (nSPS) is 17.6. The minimum absolute atomic E-state index is 0.0843. The molecule has 21 heavy (non-hydrogen) atoms. The highest BCUT2D eigenvalue weighted by molar-refractivity contribution is 9.10. The molecule has 0 saturated carbocycles. The molecule has 0 amide bonds. The zero-order chi connectivity index (χ0) is 15.1. The summed E-state index contributed by atoms with van der Waals surface area (Å²) in [6.07, 6.45) is 3.07. The van der Waals surface area contributed by atoms with E-state index in [0.717, 1.165) is 35.1 Å². The van der Waals surface area contributed by atoms with Crippen molar-refractivity contribution in [2.75, 3.05) is 0 Å². The lowest BCUT2D eigenvalue weighted by molar-refractivity contribution is -0.384. The van der Waals surface area contributed by atoms with Crippen LogP contribution in [0, 0.1) is 17.0 Å². The lowest BCUT2D eigenvalue weighted by Gasteiger charge is -2.21. The van der Waals surface area contributed by atoms with Crippen molar-refractivity contribution >= 4 is 21.6 Å². The second-order valence-corrected chi connectivity index (χ2v) is 6.27. The van der Waals surface area contributed by atoms with Crippen molar-refractivity contribution in [1.29, 1.82) is 0 Å². The van der Waals surface area contributed by atoms with Crippen molar-refractivity contribution in [2.24, 2.45) is 5.73 Å². The molecular formula is C15H16BrN3O2. The number of nitro groups is 1. The number of nitro benzene ring substituents is 1. The van der Waals surface area contributed by atoms with Crippen LogP contribution in [0.4, 0.5) is 5.69 Å². The molecule has 0 fully saturated rings. The molecule has 1 heterocycles. The topological polar surface area (TPSA) is 74.1 Å². The van der Waals surface area contributed by atoms with Gasteiger partial charge in [0.1, 0.15) is 0 Å². The van der Waals surface area contributed by atoms with Gasteiger partial charge in [0.15, 0.2) is 0 Å². The van der Waals surface area contributed by atoms with Gasteiger partial charge < -0.3 is 10.3 Å². The average molecular weight is 350 g/mol. The largest absolute Gasteiger partial charge is 0.324 e. The Labute approximate surface area is 131 Å². The summed E-state index contributed by atoms with van der Waals surface area (Å²) >= 11 is 3.46. The fraction of sp³-hybridized carbons (Fsp3) is 0.333. The summed E-state index contributed by atoms with van der Waals surface area (Å²) in [6.45, 7) is 2.04. The predicted molar refractivity (Wildman–Crippen MR) is 84.7 cm³/mol. The summed E-state index contributed by atoms with van der Waals surface area (Å²) in [5, 5.41) is 10.9. The van der Waals surface area contributed by atoms with Gasteiger partial charge in [0.2, 0.25) is 0 Å². The van der Waals surface area contributed by atoms with Crippen LogP contribution >= 0.6 is 15.9 Å². The maximum absolute atomic E-state index is 10.9. The molecule has 1 aromatic carbocycles. The third kappa shape index (κ3) is 2.38. The maximum Gasteiger partial charge on any atom is 0.270 e. The maximum atomic E-state index is 10.9. The monoisotopic (exact) mass is 349 g/mol. The van der Waals surface area contributed by atoms with Crippen LogP contribution in [-0.2, 0) is 6.42 Å². The molecular weight excluding hydrogens is 334 g/mol. The Balaban J connectivity index is 2.15. The molecule has 0 aliphatic heterocycles. The van der Waals surface area contributed by atoms with Crippen LogP contribution in [0.2, 0.25) is 0 Å². The molecule has 5 nitrogen and oxygen atoms in total.